The first-order valence-corrected chi connectivity index (χ1v) is 11.8. The second kappa shape index (κ2) is 9.96. The number of aliphatic hydroxyl groups excluding tert-OH is 1. The van der Waals surface area contributed by atoms with Crippen molar-refractivity contribution < 1.29 is 14.6 Å². The lowest BCUT2D eigenvalue weighted by Crippen LogP contribution is -2.42. The van der Waals surface area contributed by atoms with Crippen LogP contribution in [0, 0.1) is 5.92 Å². The van der Waals surface area contributed by atoms with Crippen LogP contribution in [0.15, 0.2) is 24.8 Å². The topological polar surface area (TPSA) is 123 Å². The summed E-state index contributed by atoms with van der Waals surface area (Å²) in [7, 11) is 1.83. The third-order valence-electron chi connectivity index (χ3n) is 6.07. The van der Waals surface area contributed by atoms with Gasteiger partial charge in [0.1, 0.15) is 5.60 Å². The molecule has 11 heteroatoms. The second-order valence-electron chi connectivity index (χ2n) is 9.91. The normalized spacial score (nSPS) is 18.7. The van der Waals surface area contributed by atoms with Crippen LogP contribution in [-0.4, -0.2) is 70.9 Å². The largest absolute Gasteiger partial charge is 0.444 e. The molecule has 2 N–H and O–H groups in total. The number of hydrogen-bond donors (Lipinski definition) is 2. The van der Waals surface area contributed by atoms with Crippen LogP contribution in [0.2, 0.25) is 0 Å². The Kier molecular flexibility index (Phi) is 7.01. The van der Waals surface area contributed by atoms with Crippen molar-refractivity contribution in [3.8, 4) is 0 Å². The zero-order valence-electron chi connectivity index (χ0n) is 20.3. The standard InChI is InChI=1S/C23H34N8O3/c1-23(2,3)34-22(33)29(4)19-7-5-16(6-8-19)14-31-20-17(12-26-31)11-24-21(28-20)27-18-13-25-30(15-18)9-10-32/h11-13,15-16,19,32H,5-10,14H2,1-4H3,(H,24,27,28). The monoisotopic (exact) mass is 470 g/mol. The first kappa shape index (κ1) is 23.9. The summed E-state index contributed by atoms with van der Waals surface area (Å²) in [5, 5.41) is 21.8. The van der Waals surface area contributed by atoms with Crippen LogP contribution in [0.5, 0.6) is 0 Å². The summed E-state index contributed by atoms with van der Waals surface area (Å²) in [6.07, 6.45) is 10.7. The minimum atomic E-state index is -0.487. The lowest BCUT2D eigenvalue weighted by molar-refractivity contribution is 0.0169. The highest BCUT2D eigenvalue weighted by Gasteiger charge is 2.29. The fourth-order valence-electron chi connectivity index (χ4n) is 4.28. The molecule has 4 rings (SSSR count). The van der Waals surface area contributed by atoms with Crippen LogP contribution in [0.25, 0.3) is 11.0 Å². The molecule has 11 nitrogen and oxygen atoms in total. The molecule has 3 aromatic rings. The lowest BCUT2D eigenvalue weighted by atomic mass is 9.85. The number of ether oxygens (including phenoxy) is 1. The first-order chi connectivity index (χ1) is 16.2. The van der Waals surface area contributed by atoms with Gasteiger partial charge >= 0.3 is 6.09 Å². The van der Waals surface area contributed by atoms with E-state index in [9.17, 15) is 4.79 Å². The molecule has 1 amide bonds. The third kappa shape index (κ3) is 5.82. The minimum absolute atomic E-state index is 0.0297. The average molecular weight is 471 g/mol. The summed E-state index contributed by atoms with van der Waals surface area (Å²) in [6, 6.07) is 0.199. The Morgan fingerprint density at radius 2 is 1.97 bits per heavy atom. The second-order valence-corrected chi connectivity index (χ2v) is 9.91. The summed E-state index contributed by atoms with van der Waals surface area (Å²) in [5.74, 6) is 0.940. The van der Waals surface area contributed by atoms with Crippen molar-refractivity contribution in [1.82, 2.24) is 34.4 Å². The number of fused-ring (bicyclic) bond motifs is 1. The molecular weight excluding hydrogens is 436 g/mol. The molecule has 0 bridgehead atoms. The number of carbonyl (C=O) groups is 1. The van der Waals surface area contributed by atoms with Gasteiger partial charge in [0.15, 0.2) is 5.65 Å². The number of rotatable bonds is 7. The Morgan fingerprint density at radius 1 is 1.21 bits per heavy atom. The van der Waals surface area contributed by atoms with E-state index in [2.05, 4.69) is 25.5 Å². The fourth-order valence-corrected chi connectivity index (χ4v) is 4.28. The molecule has 0 radical (unpaired) electrons. The quantitative estimate of drug-likeness (QED) is 0.540. The van der Waals surface area contributed by atoms with Crippen molar-refractivity contribution >= 4 is 28.8 Å². The van der Waals surface area contributed by atoms with Crippen molar-refractivity contribution in [2.75, 3.05) is 19.0 Å². The Morgan fingerprint density at radius 3 is 2.68 bits per heavy atom. The van der Waals surface area contributed by atoms with E-state index in [1.807, 2.05) is 32.5 Å². The van der Waals surface area contributed by atoms with Gasteiger partial charge in [0, 0.05) is 32.0 Å². The first-order valence-electron chi connectivity index (χ1n) is 11.8. The van der Waals surface area contributed by atoms with Crippen molar-refractivity contribution in [2.24, 2.45) is 5.92 Å². The van der Waals surface area contributed by atoms with Gasteiger partial charge in [-0.3, -0.25) is 4.68 Å². The zero-order chi connectivity index (χ0) is 24.3. The highest BCUT2D eigenvalue weighted by atomic mass is 16.6. The Balaban J connectivity index is 1.36. The van der Waals surface area contributed by atoms with E-state index in [1.54, 1.807) is 34.4 Å². The zero-order valence-corrected chi connectivity index (χ0v) is 20.3. The molecule has 3 aromatic heterocycles. The molecule has 0 atom stereocenters. The molecule has 1 aliphatic rings. The molecule has 0 aromatic carbocycles. The minimum Gasteiger partial charge on any atom is -0.444 e. The van der Waals surface area contributed by atoms with E-state index >= 15 is 0 Å². The molecule has 0 unspecified atom stereocenters. The predicted molar refractivity (Wildman–Crippen MR) is 128 cm³/mol. The van der Waals surface area contributed by atoms with E-state index < -0.39 is 5.60 Å². The van der Waals surface area contributed by atoms with Crippen molar-refractivity contribution in [3.05, 3.63) is 24.8 Å². The molecule has 0 spiro atoms. The number of aromatic nitrogens is 6. The van der Waals surface area contributed by atoms with Crippen LogP contribution in [0.3, 0.4) is 0 Å². The third-order valence-corrected chi connectivity index (χ3v) is 6.07. The maximum atomic E-state index is 12.4. The smallest absolute Gasteiger partial charge is 0.410 e. The molecule has 34 heavy (non-hydrogen) atoms. The highest BCUT2D eigenvalue weighted by molar-refractivity contribution is 5.75. The van der Waals surface area contributed by atoms with Crippen LogP contribution >= 0.6 is 0 Å². The van der Waals surface area contributed by atoms with E-state index in [0.29, 0.717) is 18.4 Å². The predicted octanol–water partition coefficient (Wildman–Crippen LogP) is 3.18. The van der Waals surface area contributed by atoms with Crippen LogP contribution < -0.4 is 5.32 Å². The molecule has 1 aliphatic carbocycles. The van der Waals surface area contributed by atoms with Gasteiger partial charge < -0.3 is 20.1 Å². The van der Waals surface area contributed by atoms with Crippen molar-refractivity contribution in [3.63, 3.8) is 0 Å². The molecular formula is C23H34N8O3. The van der Waals surface area contributed by atoms with Gasteiger partial charge in [0.05, 0.1) is 36.6 Å². The van der Waals surface area contributed by atoms with Gasteiger partial charge in [-0.25, -0.2) is 14.5 Å². The Hall–Kier alpha value is -3.21. The number of hydrogen-bond acceptors (Lipinski definition) is 8. The maximum absolute atomic E-state index is 12.4. The Bertz CT molecular complexity index is 1110. The number of nitrogens with one attached hydrogen (secondary N) is 1. The van der Waals surface area contributed by atoms with Crippen LogP contribution in [0.4, 0.5) is 16.4 Å². The summed E-state index contributed by atoms with van der Waals surface area (Å²) >= 11 is 0. The van der Waals surface area contributed by atoms with Gasteiger partial charge in [-0.2, -0.15) is 15.2 Å². The molecule has 1 saturated carbocycles. The number of amides is 1. The van der Waals surface area contributed by atoms with Crippen LogP contribution in [0.1, 0.15) is 46.5 Å². The van der Waals surface area contributed by atoms with Gasteiger partial charge in [0.2, 0.25) is 5.95 Å². The summed E-state index contributed by atoms with van der Waals surface area (Å²) in [6.45, 7) is 6.90. The summed E-state index contributed by atoms with van der Waals surface area (Å²) in [5.41, 5.74) is 1.05. The van der Waals surface area contributed by atoms with Crippen molar-refractivity contribution in [2.45, 2.75) is 71.2 Å². The molecule has 0 aliphatic heterocycles. The SMILES string of the molecule is CN(C(=O)OC(C)(C)C)C1CCC(Cn2ncc3cnc(Nc4cnn(CCO)c4)nc32)CC1. The van der Waals surface area contributed by atoms with Crippen molar-refractivity contribution in [1.29, 1.82) is 0 Å². The summed E-state index contributed by atoms with van der Waals surface area (Å²) in [4.78, 5) is 23.2. The number of nitrogens with zero attached hydrogens (tertiary/aromatic N) is 7. The molecule has 1 fully saturated rings. The van der Waals surface area contributed by atoms with Gasteiger partial charge in [-0.15, -0.1) is 0 Å². The van der Waals surface area contributed by atoms with E-state index in [0.717, 1.165) is 48.9 Å². The highest BCUT2D eigenvalue weighted by Crippen LogP contribution is 2.29. The molecule has 3 heterocycles. The number of anilines is 2. The van der Waals surface area contributed by atoms with Crippen LogP contribution in [-0.2, 0) is 17.8 Å². The average Bonchev–Trinajstić information content (AvgIpc) is 3.39. The molecule has 184 valence electrons. The number of aliphatic hydroxyl groups is 1. The van der Waals surface area contributed by atoms with E-state index in [1.165, 1.54) is 0 Å². The number of carbonyl (C=O) groups excluding carboxylic acids is 1. The van der Waals surface area contributed by atoms with Gasteiger partial charge in [-0.05, 0) is 52.4 Å². The van der Waals surface area contributed by atoms with Gasteiger partial charge in [-0.1, -0.05) is 0 Å². The van der Waals surface area contributed by atoms with E-state index in [-0.39, 0.29) is 18.7 Å². The lowest BCUT2D eigenvalue weighted by Gasteiger charge is -2.35. The van der Waals surface area contributed by atoms with E-state index in [4.69, 9.17) is 9.84 Å². The van der Waals surface area contributed by atoms with Gasteiger partial charge in [0.25, 0.3) is 0 Å². The molecule has 0 saturated heterocycles. The fraction of sp³-hybridized carbons (Fsp3) is 0.609. The maximum Gasteiger partial charge on any atom is 0.410 e. The summed E-state index contributed by atoms with van der Waals surface area (Å²) < 4.78 is 9.12. The Labute approximate surface area is 199 Å².